The highest BCUT2D eigenvalue weighted by atomic mass is 35.7. The van der Waals surface area contributed by atoms with E-state index in [0.29, 0.717) is 0 Å². The lowest BCUT2D eigenvalue weighted by Crippen LogP contribution is -2.18. The summed E-state index contributed by atoms with van der Waals surface area (Å²) in [5, 5.41) is 0. The van der Waals surface area contributed by atoms with Crippen LogP contribution in [0.1, 0.15) is 13.3 Å². The van der Waals surface area contributed by atoms with Crippen molar-refractivity contribution in [2.24, 2.45) is 5.92 Å². The van der Waals surface area contributed by atoms with E-state index in [-0.39, 0.29) is 6.42 Å². The predicted octanol–water partition coefficient (Wildman–Crippen LogP) is 2.67. The third-order valence-electron chi connectivity index (χ3n) is 2.06. The van der Waals surface area contributed by atoms with Crippen LogP contribution >= 0.6 is 10.7 Å². The van der Waals surface area contributed by atoms with E-state index in [2.05, 4.69) is 0 Å². The first-order chi connectivity index (χ1) is 6.36. The first-order valence-electron chi connectivity index (χ1n) is 4.04. The van der Waals surface area contributed by atoms with E-state index in [1.807, 2.05) is 0 Å². The first kappa shape index (κ1) is 11.7. The molecule has 2 unspecified atom stereocenters. The Kier molecular flexibility index (Phi) is 3.32. The van der Waals surface area contributed by atoms with Crippen LogP contribution in [0.5, 0.6) is 0 Å². The molecule has 0 bridgehead atoms. The molecule has 0 heterocycles. The van der Waals surface area contributed by atoms with Crippen molar-refractivity contribution >= 4 is 19.7 Å². The molecule has 14 heavy (non-hydrogen) atoms. The van der Waals surface area contributed by atoms with E-state index in [4.69, 9.17) is 10.7 Å². The molecule has 2 nitrogen and oxygen atoms in total. The number of alkyl halides is 1. The summed E-state index contributed by atoms with van der Waals surface area (Å²) >= 11 is 0. The van der Waals surface area contributed by atoms with Gasteiger partial charge in [-0.2, -0.15) is 0 Å². The Bertz CT molecular complexity index is 386. The fourth-order valence-electron chi connectivity index (χ4n) is 1.29. The Morgan fingerprint density at radius 2 is 2.14 bits per heavy atom. The van der Waals surface area contributed by atoms with Gasteiger partial charge >= 0.3 is 0 Å². The molecule has 0 N–H and O–H groups in total. The zero-order chi connectivity index (χ0) is 10.9. The molecular weight excluding hydrogens is 234 g/mol. The molecule has 1 rings (SSSR count). The predicted molar refractivity (Wildman–Crippen MR) is 50.7 cm³/mol. The average molecular weight is 243 g/mol. The van der Waals surface area contributed by atoms with Gasteiger partial charge in [-0.1, -0.05) is 6.92 Å². The maximum absolute atomic E-state index is 13.2. The second-order valence-corrected chi connectivity index (χ2v) is 5.56. The monoisotopic (exact) mass is 242 g/mol. The van der Waals surface area contributed by atoms with Gasteiger partial charge in [0.25, 0.3) is 9.05 Å². The molecular formula is C8H9ClF2O2S. The Morgan fingerprint density at radius 3 is 2.50 bits per heavy atom. The van der Waals surface area contributed by atoms with Crippen LogP contribution in [0.4, 0.5) is 8.78 Å². The van der Waals surface area contributed by atoms with Crippen molar-refractivity contribution in [3.8, 4) is 0 Å². The molecule has 0 fully saturated rings. The van der Waals surface area contributed by atoms with Gasteiger partial charge in [-0.15, -0.1) is 0 Å². The Hall–Kier alpha value is -0.420. The summed E-state index contributed by atoms with van der Waals surface area (Å²) in [7, 11) is 0.913. The minimum Gasteiger partial charge on any atom is -0.242 e. The number of hydrogen-bond donors (Lipinski definition) is 0. The lowest BCUT2D eigenvalue weighted by Gasteiger charge is -2.19. The van der Waals surface area contributed by atoms with E-state index >= 15 is 0 Å². The average Bonchev–Trinajstić information content (AvgIpc) is 2.01. The zero-order valence-electron chi connectivity index (χ0n) is 7.38. The number of allylic oxidation sites excluding steroid dienone is 3. The third-order valence-corrected chi connectivity index (χ3v) is 3.42. The van der Waals surface area contributed by atoms with Crippen molar-refractivity contribution in [2.75, 3.05) is 0 Å². The molecule has 0 aromatic carbocycles. The minimum absolute atomic E-state index is 0.273. The molecule has 0 radical (unpaired) electrons. The van der Waals surface area contributed by atoms with E-state index < -0.39 is 31.9 Å². The highest BCUT2D eigenvalue weighted by Gasteiger charge is 2.29. The van der Waals surface area contributed by atoms with Crippen LogP contribution in [0.15, 0.2) is 22.9 Å². The van der Waals surface area contributed by atoms with Crippen molar-refractivity contribution in [1.29, 1.82) is 0 Å². The van der Waals surface area contributed by atoms with Crippen molar-refractivity contribution in [2.45, 2.75) is 19.5 Å². The summed E-state index contributed by atoms with van der Waals surface area (Å²) in [5.74, 6) is -1.67. The number of rotatable bonds is 2. The standard InChI is InChI=1S/C8H9ClF2O2S/c1-2-6-7(10)3-5(4-8(6)11)14(9,12)13/h3-4,6-7H,2H2,1H3. The van der Waals surface area contributed by atoms with Gasteiger partial charge in [0.05, 0.1) is 4.91 Å². The van der Waals surface area contributed by atoms with Crippen molar-refractivity contribution < 1.29 is 17.2 Å². The second kappa shape index (κ2) is 3.98. The van der Waals surface area contributed by atoms with Gasteiger partial charge in [-0.3, -0.25) is 0 Å². The molecule has 0 spiro atoms. The maximum atomic E-state index is 13.2. The van der Waals surface area contributed by atoms with Gasteiger partial charge in [-0.05, 0) is 18.6 Å². The second-order valence-electron chi connectivity index (χ2n) is 3.00. The summed E-state index contributed by atoms with van der Waals surface area (Å²) in [6.45, 7) is 1.62. The lowest BCUT2D eigenvalue weighted by atomic mass is 9.95. The zero-order valence-corrected chi connectivity index (χ0v) is 8.95. The summed E-state index contributed by atoms with van der Waals surface area (Å²) in [4.78, 5) is -0.506. The molecule has 6 heteroatoms. The molecule has 0 saturated carbocycles. The van der Waals surface area contributed by atoms with E-state index in [0.717, 1.165) is 12.2 Å². The summed E-state index contributed by atoms with van der Waals surface area (Å²) in [5.41, 5.74) is 0. The smallest absolute Gasteiger partial charge is 0.242 e. The Morgan fingerprint density at radius 1 is 1.57 bits per heavy atom. The van der Waals surface area contributed by atoms with Crippen LogP contribution in [0, 0.1) is 5.92 Å². The Labute approximate surface area is 85.7 Å². The molecule has 2 atom stereocenters. The van der Waals surface area contributed by atoms with E-state index in [1.165, 1.54) is 0 Å². The van der Waals surface area contributed by atoms with Gasteiger partial charge in [0.1, 0.15) is 12.0 Å². The highest BCUT2D eigenvalue weighted by molar-refractivity contribution is 8.17. The molecule has 80 valence electrons. The van der Waals surface area contributed by atoms with Gasteiger partial charge in [0, 0.05) is 16.6 Å². The van der Waals surface area contributed by atoms with Gasteiger partial charge in [-0.25, -0.2) is 17.2 Å². The van der Waals surface area contributed by atoms with Crippen LogP contribution in [-0.2, 0) is 9.05 Å². The number of halogens is 3. The van der Waals surface area contributed by atoms with E-state index in [9.17, 15) is 17.2 Å². The molecule has 1 aliphatic carbocycles. The van der Waals surface area contributed by atoms with Crippen molar-refractivity contribution in [3.63, 3.8) is 0 Å². The molecule has 0 saturated heterocycles. The van der Waals surface area contributed by atoms with Gasteiger partial charge in [0.2, 0.25) is 0 Å². The van der Waals surface area contributed by atoms with E-state index in [1.54, 1.807) is 6.92 Å². The fraction of sp³-hybridized carbons (Fsp3) is 0.500. The maximum Gasteiger partial charge on any atom is 0.261 e. The first-order valence-corrected chi connectivity index (χ1v) is 6.35. The van der Waals surface area contributed by atoms with Gasteiger partial charge < -0.3 is 0 Å². The summed E-state index contributed by atoms with van der Waals surface area (Å²) in [6, 6.07) is 0. The Balaban J connectivity index is 3.08. The summed E-state index contributed by atoms with van der Waals surface area (Å²) in [6.07, 6.45) is 0.246. The van der Waals surface area contributed by atoms with Crippen LogP contribution in [0.25, 0.3) is 0 Å². The quantitative estimate of drug-likeness (QED) is 0.698. The topological polar surface area (TPSA) is 34.1 Å². The van der Waals surface area contributed by atoms with Crippen molar-refractivity contribution in [1.82, 2.24) is 0 Å². The van der Waals surface area contributed by atoms with Crippen LogP contribution in [0.3, 0.4) is 0 Å². The van der Waals surface area contributed by atoms with Crippen LogP contribution in [0.2, 0.25) is 0 Å². The minimum atomic E-state index is -4.05. The summed E-state index contributed by atoms with van der Waals surface area (Å²) < 4.78 is 47.9. The molecule has 0 aromatic heterocycles. The van der Waals surface area contributed by atoms with Crippen molar-refractivity contribution in [3.05, 3.63) is 22.9 Å². The van der Waals surface area contributed by atoms with Crippen LogP contribution in [-0.4, -0.2) is 14.6 Å². The largest absolute Gasteiger partial charge is 0.261 e. The fourth-order valence-corrected chi connectivity index (χ4v) is 2.12. The normalized spacial score (nSPS) is 28.3. The highest BCUT2D eigenvalue weighted by Crippen LogP contribution is 2.32. The SMILES string of the molecule is CCC1C(F)=CC(S(=O)(=O)Cl)=CC1F. The molecule has 0 aromatic rings. The van der Waals surface area contributed by atoms with Gasteiger partial charge in [0.15, 0.2) is 0 Å². The molecule has 0 aliphatic heterocycles. The van der Waals surface area contributed by atoms with Crippen LogP contribution < -0.4 is 0 Å². The molecule has 0 amide bonds. The lowest BCUT2D eigenvalue weighted by molar-refractivity contribution is 0.268. The third kappa shape index (κ3) is 2.33. The molecule has 1 aliphatic rings. The number of hydrogen-bond acceptors (Lipinski definition) is 2.